The number of halogens is 1. The molecule has 1 heterocycles. The first kappa shape index (κ1) is 17.8. The summed E-state index contributed by atoms with van der Waals surface area (Å²) < 4.78 is 19.8. The predicted octanol–water partition coefficient (Wildman–Crippen LogP) is 3.30. The van der Waals surface area contributed by atoms with E-state index >= 15 is 0 Å². The van der Waals surface area contributed by atoms with E-state index in [0.717, 1.165) is 24.1 Å². The second kappa shape index (κ2) is 7.95. The molecular weight excluding hydrogens is 337 g/mol. The second-order valence-corrected chi connectivity index (χ2v) is 6.03. The maximum Gasteiger partial charge on any atom is 0.343 e. The van der Waals surface area contributed by atoms with Crippen LogP contribution in [0.1, 0.15) is 42.1 Å². The number of ether oxygens (including phenoxy) is 1. The van der Waals surface area contributed by atoms with Gasteiger partial charge in [-0.2, -0.15) is 5.10 Å². The van der Waals surface area contributed by atoms with Gasteiger partial charge < -0.3 is 10.1 Å². The van der Waals surface area contributed by atoms with Gasteiger partial charge in [0.1, 0.15) is 17.2 Å². The van der Waals surface area contributed by atoms with Crippen molar-refractivity contribution >= 4 is 17.6 Å². The van der Waals surface area contributed by atoms with E-state index < -0.39 is 5.97 Å². The third-order valence-electron chi connectivity index (χ3n) is 4.06. The molecule has 26 heavy (non-hydrogen) atoms. The molecule has 1 aliphatic rings. The number of carbonyl (C=O) groups is 2. The molecule has 0 bridgehead atoms. The van der Waals surface area contributed by atoms with Gasteiger partial charge in [-0.3, -0.25) is 4.79 Å². The van der Waals surface area contributed by atoms with Crippen molar-refractivity contribution in [1.29, 1.82) is 0 Å². The number of esters is 1. The maximum absolute atomic E-state index is 13.1. The van der Waals surface area contributed by atoms with Gasteiger partial charge in [-0.1, -0.05) is 12.1 Å². The molecule has 136 valence electrons. The normalized spacial score (nSPS) is 14.1. The highest BCUT2D eigenvalue weighted by Gasteiger charge is 2.21. The third kappa shape index (κ3) is 4.17. The number of rotatable bonds is 6. The summed E-state index contributed by atoms with van der Waals surface area (Å²) in [6, 6.07) is 6.07. The van der Waals surface area contributed by atoms with E-state index in [2.05, 4.69) is 10.4 Å². The van der Waals surface area contributed by atoms with Crippen molar-refractivity contribution in [2.45, 2.75) is 32.7 Å². The van der Waals surface area contributed by atoms with Crippen LogP contribution < -0.4 is 5.32 Å². The van der Waals surface area contributed by atoms with Crippen LogP contribution in [0.5, 0.6) is 0 Å². The van der Waals surface area contributed by atoms with Crippen molar-refractivity contribution in [1.82, 2.24) is 9.78 Å². The van der Waals surface area contributed by atoms with E-state index in [9.17, 15) is 14.0 Å². The molecule has 1 aromatic heterocycles. The molecule has 6 nitrogen and oxygen atoms in total. The molecule has 1 aliphatic carbocycles. The second-order valence-electron chi connectivity index (χ2n) is 6.03. The van der Waals surface area contributed by atoms with Gasteiger partial charge in [0.05, 0.1) is 19.3 Å². The van der Waals surface area contributed by atoms with Crippen molar-refractivity contribution in [2.75, 3.05) is 11.9 Å². The van der Waals surface area contributed by atoms with Crippen LogP contribution in [0.2, 0.25) is 0 Å². The van der Waals surface area contributed by atoms with E-state index in [-0.39, 0.29) is 18.2 Å². The number of aromatic nitrogens is 2. The summed E-state index contributed by atoms with van der Waals surface area (Å²) in [5, 5.41) is 7.43. The highest BCUT2D eigenvalue weighted by molar-refractivity contribution is 5.96. The first-order valence-electron chi connectivity index (χ1n) is 8.54. The van der Waals surface area contributed by atoms with Crippen LogP contribution in [-0.2, 0) is 16.1 Å². The lowest BCUT2D eigenvalue weighted by atomic mass is 10.0. The molecule has 7 heteroatoms. The van der Waals surface area contributed by atoms with E-state index in [1.807, 2.05) is 0 Å². The smallest absolute Gasteiger partial charge is 0.343 e. The Morgan fingerprint density at radius 2 is 2.08 bits per heavy atom. The van der Waals surface area contributed by atoms with Crippen molar-refractivity contribution < 1.29 is 18.7 Å². The molecule has 1 aromatic carbocycles. The minimum Gasteiger partial charge on any atom is -0.462 e. The maximum atomic E-state index is 13.1. The Balaban J connectivity index is 1.91. The van der Waals surface area contributed by atoms with Crippen molar-refractivity contribution in [3.63, 3.8) is 0 Å². The Bertz CT molecular complexity index is 840. The molecule has 0 atom stereocenters. The summed E-state index contributed by atoms with van der Waals surface area (Å²) in [6.45, 7) is 2.34. The zero-order valence-electron chi connectivity index (χ0n) is 14.5. The Morgan fingerprint density at radius 3 is 2.77 bits per heavy atom. The minimum atomic E-state index is -0.483. The largest absolute Gasteiger partial charge is 0.462 e. The first-order valence-corrected chi connectivity index (χ1v) is 8.54. The SMILES string of the molecule is CCOC(=O)c1cnn(Cc2ccc(F)cc2)c1NC1=CC(=O)CCC1. The van der Waals surface area contributed by atoms with Crippen LogP contribution in [0.4, 0.5) is 10.2 Å². The van der Waals surface area contributed by atoms with Crippen LogP contribution in [-0.4, -0.2) is 28.1 Å². The number of anilines is 1. The number of benzene rings is 1. The molecule has 1 N–H and O–H groups in total. The monoisotopic (exact) mass is 357 g/mol. The highest BCUT2D eigenvalue weighted by atomic mass is 19.1. The number of hydrogen-bond donors (Lipinski definition) is 1. The summed E-state index contributed by atoms with van der Waals surface area (Å²) in [5.74, 6) is -0.275. The zero-order valence-corrected chi connectivity index (χ0v) is 14.5. The van der Waals surface area contributed by atoms with Crippen molar-refractivity contribution in [2.24, 2.45) is 0 Å². The average molecular weight is 357 g/mol. The molecule has 0 unspecified atom stereocenters. The van der Waals surface area contributed by atoms with Crippen LogP contribution in [0, 0.1) is 5.82 Å². The zero-order chi connectivity index (χ0) is 18.5. The topological polar surface area (TPSA) is 73.2 Å². The van der Waals surface area contributed by atoms with Crippen LogP contribution >= 0.6 is 0 Å². The quantitative estimate of drug-likeness (QED) is 0.803. The molecule has 0 amide bonds. The van der Waals surface area contributed by atoms with E-state index in [0.29, 0.717) is 24.3 Å². The van der Waals surface area contributed by atoms with Gasteiger partial charge in [0, 0.05) is 18.2 Å². The van der Waals surface area contributed by atoms with E-state index in [1.54, 1.807) is 29.8 Å². The van der Waals surface area contributed by atoms with Gasteiger partial charge in [-0.05, 0) is 37.5 Å². The molecule has 0 spiro atoms. The Morgan fingerprint density at radius 1 is 1.31 bits per heavy atom. The van der Waals surface area contributed by atoms with E-state index in [4.69, 9.17) is 4.74 Å². The molecule has 0 saturated carbocycles. The summed E-state index contributed by atoms with van der Waals surface area (Å²) in [6.07, 6.45) is 5.02. The summed E-state index contributed by atoms with van der Waals surface area (Å²) in [4.78, 5) is 23.9. The number of nitrogens with zero attached hydrogens (tertiary/aromatic N) is 2. The highest BCUT2D eigenvalue weighted by Crippen LogP contribution is 2.23. The first-order chi connectivity index (χ1) is 12.6. The lowest BCUT2D eigenvalue weighted by Gasteiger charge is -2.17. The van der Waals surface area contributed by atoms with Crippen LogP contribution in [0.25, 0.3) is 0 Å². The Hall–Kier alpha value is -2.96. The van der Waals surface area contributed by atoms with E-state index in [1.165, 1.54) is 18.3 Å². The Labute approximate surface area is 150 Å². The van der Waals surface area contributed by atoms with Crippen LogP contribution in [0.15, 0.2) is 42.2 Å². The predicted molar refractivity (Wildman–Crippen MR) is 94.2 cm³/mol. The van der Waals surface area contributed by atoms with Gasteiger partial charge in [-0.15, -0.1) is 0 Å². The van der Waals surface area contributed by atoms with Gasteiger partial charge in [0.25, 0.3) is 0 Å². The molecule has 2 aromatic rings. The third-order valence-corrected chi connectivity index (χ3v) is 4.06. The lowest BCUT2D eigenvalue weighted by molar-refractivity contribution is -0.115. The summed E-state index contributed by atoms with van der Waals surface area (Å²) >= 11 is 0. The number of nitrogens with one attached hydrogen (secondary N) is 1. The molecule has 0 aliphatic heterocycles. The number of allylic oxidation sites excluding steroid dienone is 2. The van der Waals surface area contributed by atoms with Gasteiger partial charge in [-0.25, -0.2) is 13.9 Å². The van der Waals surface area contributed by atoms with Crippen LogP contribution in [0.3, 0.4) is 0 Å². The molecule has 0 saturated heterocycles. The fraction of sp³-hybridized carbons (Fsp3) is 0.316. The summed E-state index contributed by atoms with van der Waals surface area (Å²) in [7, 11) is 0. The van der Waals surface area contributed by atoms with Crippen molar-refractivity contribution in [3.8, 4) is 0 Å². The number of hydrogen-bond acceptors (Lipinski definition) is 5. The molecule has 3 rings (SSSR count). The number of carbonyl (C=O) groups excluding carboxylic acids is 2. The Kier molecular flexibility index (Phi) is 5.46. The fourth-order valence-corrected chi connectivity index (χ4v) is 2.80. The number of ketones is 1. The molecule has 0 radical (unpaired) electrons. The standard InChI is InChI=1S/C19H20FN3O3/c1-2-26-19(25)17-11-21-23(12-13-6-8-14(20)9-7-13)18(17)22-15-4-3-5-16(24)10-15/h6-11,22H,2-5,12H2,1H3. The average Bonchev–Trinajstić information content (AvgIpc) is 3.00. The van der Waals surface area contributed by atoms with Gasteiger partial charge >= 0.3 is 5.97 Å². The van der Waals surface area contributed by atoms with Gasteiger partial charge in [0.2, 0.25) is 0 Å². The summed E-state index contributed by atoms with van der Waals surface area (Å²) in [5.41, 5.74) is 1.88. The van der Waals surface area contributed by atoms with Crippen molar-refractivity contribution in [3.05, 3.63) is 59.2 Å². The lowest BCUT2D eigenvalue weighted by Crippen LogP contribution is -2.15. The molecule has 0 fully saturated rings. The van der Waals surface area contributed by atoms with Gasteiger partial charge in [0.15, 0.2) is 5.78 Å². The molecular formula is C19H20FN3O3. The fourth-order valence-electron chi connectivity index (χ4n) is 2.80. The minimum absolute atomic E-state index is 0.0565.